The van der Waals surface area contributed by atoms with Gasteiger partial charge in [-0.1, -0.05) is 41.5 Å². The highest BCUT2D eigenvalue weighted by atomic mass is 16.2. The monoisotopic (exact) mass is 329 g/mol. The molecule has 2 saturated carbocycles. The molecule has 1 aromatic carbocycles. The lowest BCUT2D eigenvalue weighted by Gasteiger charge is -2.40. The molecule has 1 saturated heterocycles. The lowest BCUT2D eigenvalue weighted by molar-refractivity contribution is -0.123. The maximum Gasteiger partial charge on any atom is 0.238 e. The number of hydrogen-bond donors (Lipinski definition) is 0. The van der Waals surface area contributed by atoms with Gasteiger partial charge in [-0.15, -0.1) is 0 Å². The topological polar surface area (TPSA) is 37.4 Å². The van der Waals surface area contributed by atoms with Gasteiger partial charge in [-0.05, 0) is 48.6 Å². The summed E-state index contributed by atoms with van der Waals surface area (Å²) >= 11 is 0. The lowest BCUT2D eigenvalue weighted by Crippen LogP contribution is -2.36. The number of carbonyl (C=O) groups is 2. The van der Waals surface area contributed by atoms with E-state index in [0.29, 0.717) is 23.7 Å². The van der Waals surface area contributed by atoms with E-state index in [1.54, 1.807) is 11.1 Å². The van der Waals surface area contributed by atoms with Crippen molar-refractivity contribution in [1.29, 1.82) is 0 Å². The molecule has 0 N–H and O–H groups in total. The van der Waals surface area contributed by atoms with Gasteiger partial charge in [0.15, 0.2) is 0 Å². The number of hydrogen-bond acceptors (Lipinski definition) is 2. The molecule has 6 aliphatic carbocycles. The molecule has 3 nitrogen and oxygen atoms in total. The molecule has 0 radical (unpaired) electrons. The fourth-order valence-electron chi connectivity index (χ4n) is 7.16. The minimum atomic E-state index is -0.0959. The van der Waals surface area contributed by atoms with Crippen molar-refractivity contribution in [3.05, 3.63) is 53.6 Å². The first-order valence-electron chi connectivity index (χ1n) is 9.60. The van der Waals surface area contributed by atoms with Gasteiger partial charge in [0.25, 0.3) is 0 Å². The average molecular weight is 329 g/mol. The van der Waals surface area contributed by atoms with E-state index in [1.807, 2.05) is 30.3 Å². The van der Waals surface area contributed by atoms with Crippen molar-refractivity contribution >= 4 is 17.5 Å². The highest BCUT2D eigenvalue weighted by Gasteiger charge is 2.69. The molecule has 0 unspecified atom stereocenters. The van der Waals surface area contributed by atoms with Crippen LogP contribution < -0.4 is 4.90 Å². The second kappa shape index (κ2) is 3.98. The highest BCUT2D eigenvalue weighted by molar-refractivity contribution is 6.23. The molecule has 1 aliphatic heterocycles. The second-order valence-electron chi connectivity index (χ2n) is 8.76. The normalized spacial score (nSPS) is 47.4. The van der Waals surface area contributed by atoms with Crippen molar-refractivity contribution in [1.82, 2.24) is 0 Å². The molecule has 0 aromatic heterocycles. The molecule has 7 aliphatic rings. The van der Waals surface area contributed by atoms with Crippen molar-refractivity contribution in [2.75, 3.05) is 4.90 Å². The van der Waals surface area contributed by atoms with E-state index in [9.17, 15) is 9.59 Å². The van der Waals surface area contributed by atoms with Crippen molar-refractivity contribution in [2.45, 2.75) is 12.8 Å². The molecule has 1 heterocycles. The molecule has 0 spiro atoms. The van der Waals surface area contributed by atoms with Crippen LogP contribution in [0.1, 0.15) is 12.8 Å². The Balaban J connectivity index is 1.34. The van der Waals surface area contributed by atoms with Gasteiger partial charge in [0.1, 0.15) is 0 Å². The van der Waals surface area contributed by atoms with Crippen molar-refractivity contribution in [3.63, 3.8) is 0 Å². The van der Waals surface area contributed by atoms with Crippen molar-refractivity contribution in [2.24, 2.45) is 47.3 Å². The zero-order valence-electron chi connectivity index (χ0n) is 13.8. The summed E-state index contributed by atoms with van der Waals surface area (Å²) in [7, 11) is 0. The minimum absolute atomic E-state index is 0.0537. The summed E-state index contributed by atoms with van der Waals surface area (Å²) in [6.45, 7) is 0. The third-order valence-electron chi connectivity index (χ3n) is 7.98. The summed E-state index contributed by atoms with van der Waals surface area (Å²) in [5, 5.41) is 0. The summed E-state index contributed by atoms with van der Waals surface area (Å²) in [5.41, 5.74) is 3.93. The van der Waals surface area contributed by atoms with Gasteiger partial charge in [-0.25, -0.2) is 0 Å². The standard InChI is InChI=1S/C22H19NO2/c24-21-19-15-9-16(18-12-7-6-11(17(15)18)13-8-14(12)13)20(19)22(25)23(21)10-4-2-1-3-5-10/h1-7,11-16,19-20H,8-9H2/t11-,12-,13-,14+,15-,16-,19-,20+/m0/s1. The van der Waals surface area contributed by atoms with Gasteiger partial charge in [-0.3, -0.25) is 14.5 Å². The molecular formula is C22H19NO2. The Morgan fingerprint density at radius 2 is 1.32 bits per heavy atom. The average Bonchev–Trinajstić information content (AvgIpc) is 3.17. The minimum Gasteiger partial charge on any atom is -0.274 e. The van der Waals surface area contributed by atoms with Gasteiger partial charge in [0.05, 0.1) is 17.5 Å². The zero-order chi connectivity index (χ0) is 16.4. The smallest absolute Gasteiger partial charge is 0.238 e. The van der Waals surface area contributed by atoms with E-state index in [1.165, 1.54) is 11.3 Å². The third-order valence-corrected chi connectivity index (χ3v) is 7.98. The van der Waals surface area contributed by atoms with E-state index in [2.05, 4.69) is 12.2 Å². The van der Waals surface area contributed by atoms with E-state index < -0.39 is 0 Å². The number of anilines is 1. The molecule has 25 heavy (non-hydrogen) atoms. The molecule has 3 fully saturated rings. The Bertz CT molecular complexity index is 861. The van der Waals surface area contributed by atoms with E-state index >= 15 is 0 Å². The van der Waals surface area contributed by atoms with Crippen LogP contribution in [0.5, 0.6) is 0 Å². The van der Waals surface area contributed by atoms with Gasteiger partial charge in [-0.2, -0.15) is 0 Å². The second-order valence-corrected chi connectivity index (χ2v) is 8.76. The fourth-order valence-corrected chi connectivity index (χ4v) is 7.16. The Hall–Kier alpha value is -2.16. The number of imide groups is 1. The van der Waals surface area contributed by atoms with Crippen molar-refractivity contribution in [3.8, 4) is 0 Å². The van der Waals surface area contributed by atoms with Crippen molar-refractivity contribution < 1.29 is 9.59 Å². The SMILES string of the molecule is O=C1[C@@H]2[C@H](C(=O)N1c1ccccc1)[C@H]1C[C@H]2C2=C1[C@H]1C=C[C@H]2[C@@H]2C[C@@H]21. The molecule has 124 valence electrons. The van der Waals surface area contributed by atoms with Crippen LogP contribution >= 0.6 is 0 Å². The van der Waals surface area contributed by atoms with Gasteiger partial charge in [0.2, 0.25) is 11.8 Å². The largest absolute Gasteiger partial charge is 0.274 e. The predicted octanol–water partition coefficient (Wildman–Crippen LogP) is 3.19. The highest BCUT2D eigenvalue weighted by Crippen LogP contribution is 2.72. The van der Waals surface area contributed by atoms with E-state index in [0.717, 1.165) is 23.9 Å². The Labute approximate surface area is 146 Å². The van der Waals surface area contributed by atoms with E-state index in [4.69, 9.17) is 0 Å². The van der Waals surface area contributed by atoms with Crippen LogP contribution in [0.15, 0.2) is 53.6 Å². The quantitative estimate of drug-likeness (QED) is 0.586. The zero-order valence-corrected chi connectivity index (χ0v) is 13.8. The maximum absolute atomic E-state index is 13.2. The van der Waals surface area contributed by atoms with Gasteiger partial charge < -0.3 is 0 Å². The summed E-state index contributed by atoms with van der Waals surface area (Å²) in [6, 6.07) is 9.49. The maximum atomic E-state index is 13.2. The summed E-state index contributed by atoms with van der Waals surface area (Å²) in [4.78, 5) is 27.9. The van der Waals surface area contributed by atoms with Crippen LogP contribution in [0.4, 0.5) is 5.69 Å². The van der Waals surface area contributed by atoms with Crippen LogP contribution in [0.25, 0.3) is 0 Å². The third kappa shape index (κ3) is 1.32. The van der Waals surface area contributed by atoms with Crippen LogP contribution in [-0.4, -0.2) is 11.8 Å². The number of rotatable bonds is 1. The number of allylic oxidation sites excluding steroid dienone is 4. The summed E-state index contributed by atoms with van der Waals surface area (Å²) in [6.07, 6.45) is 7.24. The molecular weight excluding hydrogens is 310 g/mol. The van der Waals surface area contributed by atoms with E-state index in [-0.39, 0.29) is 23.7 Å². The number of carbonyl (C=O) groups excluding carboxylic acids is 2. The number of benzene rings is 1. The Kier molecular flexibility index (Phi) is 2.08. The number of fused-ring (bicyclic) bond motifs is 5. The molecule has 8 atom stereocenters. The Morgan fingerprint density at radius 3 is 1.88 bits per heavy atom. The lowest BCUT2D eigenvalue weighted by atomic mass is 9.63. The van der Waals surface area contributed by atoms with Crippen LogP contribution in [0.2, 0.25) is 0 Å². The predicted molar refractivity (Wildman–Crippen MR) is 92.3 cm³/mol. The van der Waals surface area contributed by atoms with Crippen LogP contribution in [0.3, 0.4) is 0 Å². The molecule has 8 rings (SSSR count). The number of para-hydroxylation sites is 1. The fraction of sp³-hybridized carbons (Fsp3) is 0.455. The molecule has 1 aromatic rings. The summed E-state index contributed by atoms with van der Waals surface area (Å²) in [5.74, 6) is 3.40. The van der Waals surface area contributed by atoms with Gasteiger partial charge in [0, 0.05) is 11.8 Å². The number of amides is 2. The Morgan fingerprint density at radius 1 is 0.760 bits per heavy atom. The first kappa shape index (κ1) is 13.1. The molecule has 4 bridgehead atoms. The first-order chi connectivity index (χ1) is 12.3. The van der Waals surface area contributed by atoms with Crippen LogP contribution in [0, 0.1) is 47.3 Å². The van der Waals surface area contributed by atoms with Gasteiger partial charge >= 0.3 is 0 Å². The molecule has 3 heteroatoms. The first-order valence-corrected chi connectivity index (χ1v) is 9.60. The van der Waals surface area contributed by atoms with Crippen LogP contribution in [-0.2, 0) is 9.59 Å². The number of nitrogens with zero attached hydrogens (tertiary/aromatic N) is 1. The molecule has 2 amide bonds. The summed E-state index contributed by atoms with van der Waals surface area (Å²) < 4.78 is 0.